The summed E-state index contributed by atoms with van der Waals surface area (Å²) in [5.41, 5.74) is 0.270. The lowest BCUT2D eigenvalue weighted by Crippen LogP contribution is -3.15. The largest absolute Gasteiger partial charge is 0.570 e. The number of benzene rings is 1. The zero-order valence-corrected chi connectivity index (χ0v) is 6.06. The van der Waals surface area contributed by atoms with Gasteiger partial charge in [0.15, 0.2) is 5.75 Å². The van der Waals surface area contributed by atoms with Crippen LogP contribution in [0.15, 0.2) is 29.4 Å². The van der Waals surface area contributed by atoms with E-state index in [1.807, 2.05) is 0 Å². The van der Waals surface area contributed by atoms with Crippen LogP contribution < -0.4 is 16.0 Å². The average Bonchev–Trinajstić information content (AvgIpc) is 2.05. The Balaban J connectivity index is 2.71. The highest BCUT2D eigenvalue weighted by molar-refractivity contribution is 5.40. The fourth-order valence-electron chi connectivity index (χ4n) is 0.691. The van der Waals surface area contributed by atoms with E-state index in [1.165, 1.54) is 24.3 Å². The van der Waals surface area contributed by atoms with Gasteiger partial charge in [0.05, 0.1) is 0 Å². The third-order valence-electron chi connectivity index (χ3n) is 1.16. The molecule has 0 heterocycles. The Kier molecular flexibility index (Phi) is 2.70. The Labute approximate surface area is 68.0 Å². The number of nitrogens with two attached hydrogens (primary N) is 1. The number of nitrogens with one attached hydrogen (secondary N) is 1. The van der Waals surface area contributed by atoms with E-state index < -0.39 is 5.34 Å². The first kappa shape index (κ1) is 8.60. The SMILES string of the molecule is N[NH+]([O-])Oc1ccc(N=O)cc1. The van der Waals surface area contributed by atoms with Gasteiger partial charge in [-0.15, -0.1) is 16.1 Å². The van der Waals surface area contributed by atoms with Gasteiger partial charge < -0.3 is 5.21 Å². The van der Waals surface area contributed by atoms with Gasteiger partial charge in [0.1, 0.15) is 5.69 Å². The van der Waals surface area contributed by atoms with Crippen molar-refractivity contribution in [2.24, 2.45) is 11.0 Å². The van der Waals surface area contributed by atoms with Crippen LogP contribution in [0.5, 0.6) is 5.75 Å². The maximum absolute atomic E-state index is 10.2. The number of nitrogens with zero attached hydrogens (tertiary/aromatic N) is 1. The molecule has 1 aromatic rings. The van der Waals surface area contributed by atoms with E-state index in [2.05, 4.69) is 10.0 Å². The first-order valence-electron chi connectivity index (χ1n) is 3.13. The Morgan fingerprint density at radius 3 is 2.42 bits per heavy atom. The molecule has 64 valence electrons. The van der Waals surface area contributed by atoms with Crippen LogP contribution in [0, 0.1) is 10.1 Å². The highest BCUT2D eigenvalue weighted by Gasteiger charge is 1.96. The van der Waals surface area contributed by atoms with Crippen molar-refractivity contribution in [1.29, 1.82) is 0 Å². The first-order valence-corrected chi connectivity index (χ1v) is 3.13. The molecule has 0 saturated carbocycles. The molecule has 6 heteroatoms. The second-order valence-corrected chi connectivity index (χ2v) is 2.01. The molecule has 0 amide bonds. The van der Waals surface area contributed by atoms with Crippen LogP contribution >= 0.6 is 0 Å². The van der Waals surface area contributed by atoms with Gasteiger partial charge in [-0.1, -0.05) is 0 Å². The van der Waals surface area contributed by atoms with Gasteiger partial charge in [0.2, 0.25) is 0 Å². The summed E-state index contributed by atoms with van der Waals surface area (Å²) in [5.74, 6) is 5.04. The predicted molar refractivity (Wildman–Crippen MR) is 41.0 cm³/mol. The van der Waals surface area contributed by atoms with Gasteiger partial charge in [0.25, 0.3) is 0 Å². The van der Waals surface area contributed by atoms with Crippen molar-refractivity contribution >= 4 is 5.69 Å². The number of hydrogen-bond acceptors (Lipinski definition) is 5. The lowest BCUT2D eigenvalue weighted by molar-refractivity contribution is -1.03. The average molecular weight is 169 g/mol. The number of hydrogen-bond donors (Lipinski definition) is 2. The molecule has 6 nitrogen and oxygen atoms in total. The summed E-state index contributed by atoms with van der Waals surface area (Å²) in [6.07, 6.45) is 0. The van der Waals surface area contributed by atoms with Gasteiger partial charge in [0, 0.05) is 0 Å². The zero-order chi connectivity index (χ0) is 8.97. The number of quaternary nitrogens is 1. The molecule has 3 N–H and O–H groups in total. The van der Waals surface area contributed by atoms with Gasteiger partial charge in [-0.3, -0.25) is 4.84 Å². The lowest BCUT2D eigenvalue weighted by atomic mass is 10.3. The van der Waals surface area contributed by atoms with Crippen LogP contribution in [-0.4, -0.2) is 0 Å². The quantitative estimate of drug-likeness (QED) is 0.367. The molecular formula is C6H7N3O3. The minimum absolute atomic E-state index is 0.270. The molecule has 0 aliphatic rings. The summed E-state index contributed by atoms with van der Waals surface area (Å²) in [5, 5.41) is 12.0. The van der Waals surface area contributed by atoms with Gasteiger partial charge in [-0.05, 0) is 29.4 Å². The van der Waals surface area contributed by atoms with Gasteiger partial charge >= 0.3 is 0 Å². The summed E-state index contributed by atoms with van der Waals surface area (Å²) >= 11 is 0. The Hall–Kier alpha value is -1.50. The minimum atomic E-state index is -0.887. The molecule has 0 saturated heterocycles. The summed E-state index contributed by atoms with van der Waals surface area (Å²) in [6, 6.07) is 5.71. The predicted octanol–water partition coefficient (Wildman–Crippen LogP) is -0.365. The monoisotopic (exact) mass is 169 g/mol. The van der Waals surface area contributed by atoms with E-state index in [1.54, 1.807) is 0 Å². The van der Waals surface area contributed by atoms with E-state index in [0.717, 1.165) is 0 Å². The van der Waals surface area contributed by atoms with Crippen LogP contribution in [0.1, 0.15) is 0 Å². The molecule has 12 heavy (non-hydrogen) atoms. The van der Waals surface area contributed by atoms with E-state index >= 15 is 0 Å². The fourth-order valence-corrected chi connectivity index (χ4v) is 0.691. The smallest absolute Gasteiger partial charge is 0.193 e. The van der Waals surface area contributed by atoms with Crippen molar-refractivity contribution in [1.82, 2.24) is 0 Å². The van der Waals surface area contributed by atoms with Crippen LogP contribution in [0.4, 0.5) is 5.69 Å². The molecule has 1 atom stereocenters. The van der Waals surface area contributed by atoms with Crippen molar-refractivity contribution in [2.75, 3.05) is 0 Å². The summed E-state index contributed by atoms with van der Waals surface area (Å²) < 4.78 is 0. The van der Waals surface area contributed by atoms with Crippen molar-refractivity contribution in [3.63, 3.8) is 0 Å². The van der Waals surface area contributed by atoms with E-state index in [0.29, 0.717) is 0 Å². The summed E-state index contributed by atoms with van der Waals surface area (Å²) in [6.45, 7) is 0. The Morgan fingerprint density at radius 2 is 2.00 bits per heavy atom. The number of nitroso groups, excluding NO2 is 1. The van der Waals surface area contributed by atoms with Gasteiger partial charge in [-0.25, -0.2) is 0 Å². The van der Waals surface area contributed by atoms with Crippen molar-refractivity contribution in [2.45, 2.75) is 0 Å². The normalized spacial score (nSPS) is 12.2. The number of rotatable bonds is 3. The zero-order valence-electron chi connectivity index (χ0n) is 6.06. The summed E-state index contributed by atoms with van der Waals surface area (Å²) in [7, 11) is 0. The lowest BCUT2D eigenvalue weighted by Gasteiger charge is -2.12. The van der Waals surface area contributed by atoms with Crippen LogP contribution in [0.25, 0.3) is 0 Å². The molecule has 0 radical (unpaired) electrons. The van der Waals surface area contributed by atoms with Crippen LogP contribution in [0.2, 0.25) is 0 Å². The molecule has 0 fully saturated rings. The van der Waals surface area contributed by atoms with Gasteiger partial charge in [-0.2, -0.15) is 0 Å². The molecule has 0 aliphatic heterocycles. The third-order valence-corrected chi connectivity index (χ3v) is 1.16. The third kappa shape index (κ3) is 2.27. The first-order chi connectivity index (χ1) is 5.72. The molecule has 1 unspecified atom stereocenters. The van der Waals surface area contributed by atoms with E-state index in [4.69, 9.17) is 5.84 Å². The molecule has 0 spiro atoms. The van der Waals surface area contributed by atoms with E-state index in [9.17, 15) is 10.1 Å². The minimum Gasteiger partial charge on any atom is -0.570 e. The maximum atomic E-state index is 10.2. The maximum Gasteiger partial charge on any atom is 0.193 e. The molecule has 1 rings (SSSR count). The molecule has 0 bridgehead atoms. The molecule has 1 aromatic carbocycles. The summed E-state index contributed by atoms with van der Waals surface area (Å²) in [4.78, 5) is 14.5. The van der Waals surface area contributed by atoms with E-state index in [-0.39, 0.29) is 11.4 Å². The van der Waals surface area contributed by atoms with Crippen molar-refractivity contribution in [3.05, 3.63) is 34.4 Å². The molecule has 0 aliphatic carbocycles. The molecular weight excluding hydrogens is 162 g/mol. The Bertz CT molecular complexity index is 259. The second-order valence-electron chi connectivity index (χ2n) is 2.01. The Morgan fingerprint density at radius 1 is 1.42 bits per heavy atom. The highest BCUT2D eigenvalue weighted by Crippen LogP contribution is 2.15. The fraction of sp³-hybridized carbons (Fsp3) is 0. The standard InChI is InChI=1S/C6H7N3O3/c7-9(11)12-6-3-1-5(8-10)2-4-6/h1-4,9H,7H2. The van der Waals surface area contributed by atoms with Crippen molar-refractivity contribution in [3.8, 4) is 5.75 Å². The van der Waals surface area contributed by atoms with Crippen LogP contribution in [0.3, 0.4) is 0 Å². The second kappa shape index (κ2) is 3.77. The van der Waals surface area contributed by atoms with Crippen LogP contribution in [-0.2, 0) is 0 Å². The highest BCUT2D eigenvalue weighted by atomic mass is 16.9. The molecule has 0 aromatic heterocycles. The topological polar surface area (TPSA) is 92.2 Å². The van der Waals surface area contributed by atoms with Crippen molar-refractivity contribution < 1.29 is 10.2 Å².